The van der Waals surface area contributed by atoms with Crippen molar-refractivity contribution >= 4 is 20.8 Å². The van der Waals surface area contributed by atoms with Gasteiger partial charge >= 0.3 is 20.8 Å². The summed E-state index contributed by atoms with van der Waals surface area (Å²) in [5, 5.41) is 0. The molecule has 0 saturated carbocycles. The lowest BCUT2D eigenvalue weighted by Crippen LogP contribution is -2.04. The van der Waals surface area contributed by atoms with Crippen molar-refractivity contribution in [1.82, 2.24) is 0 Å². The van der Waals surface area contributed by atoms with E-state index >= 15 is 0 Å². The van der Waals surface area contributed by atoms with Crippen LogP contribution in [-0.2, 0) is 25.0 Å². The molecule has 0 aromatic carbocycles. The smallest absolute Gasteiger partial charge is 0.264 e. The minimum Gasteiger partial charge on any atom is -0.264 e. The van der Waals surface area contributed by atoms with Gasteiger partial charge in [-0.2, -0.15) is 16.8 Å². The second kappa shape index (κ2) is 17.2. The summed E-state index contributed by atoms with van der Waals surface area (Å²) >= 11 is 0. The highest BCUT2D eigenvalue weighted by Gasteiger charge is 2.02. The van der Waals surface area contributed by atoms with Crippen LogP contribution >= 0.6 is 0 Å². The molecule has 0 aromatic rings. The first-order chi connectivity index (χ1) is 11.6. The molecule has 10 heteroatoms. The maximum Gasteiger partial charge on any atom is 0.397 e. The molecule has 0 amide bonds. The molecule has 0 heterocycles. The Labute approximate surface area is 152 Å². The number of rotatable bonds is 15. The molecule has 0 spiro atoms. The third-order valence-corrected chi connectivity index (χ3v) is 3.94. The molecule has 3 N–H and O–H groups in total. The summed E-state index contributed by atoms with van der Waals surface area (Å²) in [5.74, 6) is 0. The molecule has 0 atom stereocenters. The van der Waals surface area contributed by atoms with Crippen LogP contribution in [0.4, 0.5) is 0 Å². The van der Waals surface area contributed by atoms with Crippen molar-refractivity contribution in [3.8, 4) is 0 Å². The molecule has 8 nitrogen and oxygen atoms in total. The Morgan fingerprint density at radius 1 is 0.600 bits per heavy atom. The first-order valence-electron chi connectivity index (χ1n) is 8.88. The molecular formula is C15H34O8S2. The van der Waals surface area contributed by atoms with Crippen LogP contribution in [0.5, 0.6) is 0 Å². The summed E-state index contributed by atoms with van der Waals surface area (Å²) < 4.78 is 64.8. The van der Waals surface area contributed by atoms with E-state index in [-0.39, 0.29) is 6.61 Å². The van der Waals surface area contributed by atoms with Crippen molar-refractivity contribution in [2.45, 2.75) is 90.4 Å². The number of hydrogen-bond donors (Lipinski definition) is 3. The van der Waals surface area contributed by atoms with Gasteiger partial charge in [-0.05, 0) is 6.42 Å². The normalized spacial score (nSPS) is 11.8. The molecule has 0 aromatic heterocycles. The van der Waals surface area contributed by atoms with Gasteiger partial charge in [-0.3, -0.25) is 13.7 Å². The van der Waals surface area contributed by atoms with Crippen LogP contribution in [0.25, 0.3) is 0 Å². The third kappa shape index (κ3) is 40.0. The van der Waals surface area contributed by atoms with E-state index in [0.717, 1.165) is 12.8 Å². The number of unbranched alkanes of at least 4 members (excludes halogenated alkanes) is 12. The van der Waals surface area contributed by atoms with Gasteiger partial charge in [0.2, 0.25) is 0 Å². The van der Waals surface area contributed by atoms with Crippen molar-refractivity contribution in [2.75, 3.05) is 6.61 Å². The molecule has 0 unspecified atom stereocenters. The largest absolute Gasteiger partial charge is 0.397 e. The van der Waals surface area contributed by atoms with Crippen LogP contribution in [0.15, 0.2) is 0 Å². The Morgan fingerprint density at radius 3 is 1.16 bits per heavy atom. The predicted octanol–water partition coefficient (Wildman–Crippen LogP) is 4.24. The molecule has 0 saturated heterocycles. The zero-order valence-electron chi connectivity index (χ0n) is 15.1. The van der Waals surface area contributed by atoms with Gasteiger partial charge in [-0.25, -0.2) is 4.18 Å². The van der Waals surface area contributed by atoms with Gasteiger partial charge < -0.3 is 0 Å². The highest BCUT2D eigenvalue weighted by Crippen LogP contribution is 2.12. The minimum absolute atomic E-state index is 0.0938. The topological polar surface area (TPSA) is 138 Å². The fraction of sp³-hybridized carbons (Fsp3) is 1.00. The summed E-state index contributed by atoms with van der Waals surface area (Å²) in [7, 11) is -8.91. The number of hydrogen-bond acceptors (Lipinski definition) is 5. The van der Waals surface area contributed by atoms with E-state index in [0.29, 0.717) is 6.42 Å². The second-order valence-corrected chi connectivity index (χ2v) is 7.93. The first-order valence-corrected chi connectivity index (χ1v) is 11.6. The summed E-state index contributed by atoms with van der Waals surface area (Å²) in [6.45, 7) is 2.34. The van der Waals surface area contributed by atoms with Crippen molar-refractivity contribution < 1.29 is 34.7 Å². The van der Waals surface area contributed by atoms with E-state index < -0.39 is 20.8 Å². The Hall–Kier alpha value is -0.260. The molecule has 154 valence electrons. The third-order valence-electron chi connectivity index (χ3n) is 3.48. The van der Waals surface area contributed by atoms with Crippen LogP contribution in [0.3, 0.4) is 0 Å². The van der Waals surface area contributed by atoms with E-state index in [1.54, 1.807) is 0 Å². The van der Waals surface area contributed by atoms with Crippen LogP contribution in [0, 0.1) is 0 Å². The SMILES string of the molecule is CCCCCCCCCCCCCCCOS(=O)(=O)O.O=S(=O)(O)O. The molecule has 0 bridgehead atoms. The monoisotopic (exact) mass is 406 g/mol. The Kier molecular flexibility index (Phi) is 18.5. The zero-order valence-corrected chi connectivity index (χ0v) is 16.7. The van der Waals surface area contributed by atoms with E-state index in [1.807, 2.05) is 0 Å². The standard InChI is InChI=1S/C15H32O4S.H2O4S/c1-2-3-4-5-6-7-8-9-10-11-12-13-14-15-19-20(16,17)18;1-5(2,3)4/h2-15H2,1H3,(H,16,17,18);(H2,1,2,3,4). The van der Waals surface area contributed by atoms with E-state index in [4.69, 9.17) is 22.1 Å². The second-order valence-electron chi connectivity index (χ2n) is 5.94. The average molecular weight is 407 g/mol. The van der Waals surface area contributed by atoms with Gasteiger partial charge in [-0.1, -0.05) is 84.0 Å². The van der Waals surface area contributed by atoms with Crippen molar-refractivity contribution in [3.63, 3.8) is 0 Å². The van der Waals surface area contributed by atoms with Crippen molar-refractivity contribution in [3.05, 3.63) is 0 Å². The summed E-state index contributed by atoms with van der Waals surface area (Å²) in [6, 6.07) is 0. The van der Waals surface area contributed by atoms with Crippen LogP contribution in [0.2, 0.25) is 0 Å². The van der Waals surface area contributed by atoms with E-state index in [9.17, 15) is 8.42 Å². The molecule has 0 rings (SSSR count). The zero-order chi connectivity index (χ0) is 19.6. The van der Waals surface area contributed by atoms with E-state index in [1.165, 1.54) is 64.2 Å². The highest BCUT2D eigenvalue weighted by atomic mass is 32.3. The van der Waals surface area contributed by atoms with Crippen molar-refractivity contribution in [2.24, 2.45) is 0 Å². The Balaban J connectivity index is 0. The van der Waals surface area contributed by atoms with Gasteiger partial charge in [0.15, 0.2) is 0 Å². The quantitative estimate of drug-likeness (QED) is 0.271. The van der Waals surface area contributed by atoms with Gasteiger partial charge in [0.25, 0.3) is 0 Å². The average Bonchev–Trinajstić information content (AvgIpc) is 2.45. The van der Waals surface area contributed by atoms with Gasteiger partial charge in [0, 0.05) is 0 Å². The first kappa shape index (κ1) is 27.0. The molecule has 0 aliphatic rings. The van der Waals surface area contributed by atoms with Gasteiger partial charge in [-0.15, -0.1) is 0 Å². The molecular weight excluding hydrogens is 372 g/mol. The maximum absolute atomic E-state index is 10.3. The van der Waals surface area contributed by atoms with Crippen molar-refractivity contribution in [1.29, 1.82) is 0 Å². The molecule has 0 radical (unpaired) electrons. The predicted molar refractivity (Wildman–Crippen MR) is 97.4 cm³/mol. The fourth-order valence-electron chi connectivity index (χ4n) is 2.28. The highest BCUT2D eigenvalue weighted by molar-refractivity contribution is 7.80. The maximum atomic E-state index is 10.3. The summed E-state index contributed by atoms with van der Waals surface area (Å²) in [4.78, 5) is 0. The minimum atomic E-state index is -4.67. The Bertz CT molecular complexity index is 466. The van der Waals surface area contributed by atoms with E-state index in [2.05, 4.69) is 11.1 Å². The van der Waals surface area contributed by atoms with Gasteiger partial charge in [0.1, 0.15) is 0 Å². The molecule has 0 aliphatic carbocycles. The lowest BCUT2D eigenvalue weighted by Gasteiger charge is -2.03. The van der Waals surface area contributed by atoms with Crippen LogP contribution < -0.4 is 0 Å². The Morgan fingerprint density at radius 2 is 0.880 bits per heavy atom. The van der Waals surface area contributed by atoms with Crippen LogP contribution in [0.1, 0.15) is 90.4 Å². The summed E-state index contributed by atoms with van der Waals surface area (Å²) in [5.41, 5.74) is 0. The lowest BCUT2D eigenvalue weighted by molar-refractivity contribution is 0.261. The van der Waals surface area contributed by atoms with Crippen LogP contribution in [-0.4, -0.2) is 37.1 Å². The molecule has 25 heavy (non-hydrogen) atoms. The molecule has 0 aliphatic heterocycles. The summed E-state index contributed by atoms with van der Waals surface area (Å²) in [6.07, 6.45) is 16.1. The lowest BCUT2D eigenvalue weighted by atomic mass is 10.0. The molecule has 0 fully saturated rings. The van der Waals surface area contributed by atoms with Gasteiger partial charge in [0.05, 0.1) is 6.61 Å². The fourth-order valence-corrected chi connectivity index (χ4v) is 2.61.